The van der Waals surface area contributed by atoms with Crippen molar-refractivity contribution in [2.24, 2.45) is 5.73 Å². The molecule has 0 aliphatic rings. The minimum Gasteiger partial charge on any atom is -0.497 e. The van der Waals surface area contributed by atoms with Gasteiger partial charge >= 0.3 is 5.97 Å². The van der Waals surface area contributed by atoms with Crippen LogP contribution >= 0.6 is 0 Å². The Balaban J connectivity index is 3.01. The molecule has 1 rings (SSSR count). The lowest BCUT2D eigenvalue weighted by atomic mass is 10.3. The number of ether oxygens (including phenoxy) is 1. The molecule has 0 saturated heterocycles. The number of nitrogens with two attached hydrogens (primary N) is 1. The normalized spacial score (nSPS) is 13.1. The largest absolute Gasteiger partial charge is 0.497 e. The van der Waals surface area contributed by atoms with Crippen LogP contribution in [0.5, 0.6) is 5.75 Å². The number of carboxylic acids is 1. The maximum Gasteiger partial charge on any atom is 0.321 e. The van der Waals surface area contributed by atoms with Crippen LogP contribution in [0.4, 0.5) is 0 Å². The number of hydrogen-bond donors (Lipinski definition) is 2. The van der Waals surface area contributed by atoms with Gasteiger partial charge in [0.15, 0.2) is 9.84 Å². The first-order valence-corrected chi connectivity index (χ1v) is 6.37. The van der Waals surface area contributed by atoms with E-state index < -0.39 is 27.6 Å². The highest BCUT2D eigenvalue weighted by atomic mass is 32.2. The molecule has 0 aromatic heterocycles. The van der Waals surface area contributed by atoms with Gasteiger partial charge in [-0.25, -0.2) is 8.42 Å². The molecule has 0 heterocycles. The molecular formula is C10H13NO5S. The molecule has 0 spiro atoms. The van der Waals surface area contributed by atoms with Crippen LogP contribution in [0.3, 0.4) is 0 Å². The molecule has 17 heavy (non-hydrogen) atoms. The predicted octanol–water partition coefficient (Wildman–Crippen LogP) is -0.119. The lowest BCUT2D eigenvalue weighted by Crippen LogP contribution is -2.37. The molecule has 0 bridgehead atoms. The van der Waals surface area contributed by atoms with Gasteiger partial charge in [-0.3, -0.25) is 4.79 Å². The molecule has 6 nitrogen and oxygen atoms in total. The summed E-state index contributed by atoms with van der Waals surface area (Å²) in [6.45, 7) is 0. The van der Waals surface area contributed by atoms with Crippen LogP contribution in [0.1, 0.15) is 0 Å². The Morgan fingerprint density at radius 1 is 1.53 bits per heavy atom. The van der Waals surface area contributed by atoms with Crippen LogP contribution in [0, 0.1) is 0 Å². The Hall–Kier alpha value is -1.60. The second-order valence-corrected chi connectivity index (χ2v) is 5.44. The van der Waals surface area contributed by atoms with Gasteiger partial charge in [-0.2, -0.15) is 0 Å². The third-order valence-corrected chi connectivity index (χ3v) is 3.89. The number of rotatable bonds is 5. The van der Waals surface area contributed by atoms with E-state index in [0.29, 0.717) is 5.75 Å². The van der Waals surface area contributed by atoms with Crippen molar-refractivity contribution in [2.45, 2.75) is 10.9 Å². The van der Waals surface area contributed by atoms with Gasteiger partial charge < -0.3 is 15.6 Å². The summed E-state index contributed by atoms with van der Waals surface area (Å²) in [5.74, 6) is -1.61. The number of aliphatic carboxylic acids is 1. The maximum absolute atomic E-state index is 11.8. The number of sulfone groups is 1. The number of carbonyl (C=O) groups is 1. The number of methoxy groups -OCH3 is 1. The van der Waals surface area contributed by atoms with Gasteiger partial charge in [0, 0.05) is 0 Å². The molecule has 0 amide bonds. The smallest absolute Gasteiger partial charge is 0.321 e. The Labute approximate surface area is 98.9 Å². The fraction of sp³-hybridized carbons (Fsp3) is 0.300. The first-order valence-electron chi connectivity index (χ1n) is 4.72. The van der Waals surface area contributed by atoms with Gasteiger partial charge in [0.1, 0.15) is 11.8 Å². The Kier molecular flexibility index (Phi) is 4.08. The SMILES string of the molecule is COc1cccc(S(=O)(=O)CC(N)C(=O)O)c1. The minimum absolute atomic E-state index is 0.00597. The monoisotopic (exact) mass is 259 g/mol. The molecule has 0 radical (unpaired) electrons. The van der Waals surface area contributed by atoms with Gasteiger partial charge in [0.05, 0.1) is 17.8 Å². The van der Waals surface area contributed by atoms with Crippen LogP contribution < -0.4 is 10.5 Å². The van der Waals surface area contributed by atoms with Crippen LogP contribution in [-0.2, 0) is 14.6 Å². The summed E-state index contributed by atoms with van der Waals surface area (Å²) < 4.78 is 28.5. The molecule has 0 aliphatic heterocycles. The van der Waals surface area contributed by atoms with Gasteiger partial charge in [-0.15, -0.1) is 0 Å². The Morgan fingerprint density at radius 3 is 2.71 bits per heavy atom. The van der Waals surface area contributed by atoms with E-state index in [4.69, 9.17) is 15.6 Å². The van der Waals surface area contributed by atoms with E-state index in [-0.39, 0.29) is 4.90 Å². The van der Waals surface area contributed by atoms with Gasteiger partial charge in [-0.1, -0.05) is 6.07 Å². The molecule has 1 aromatic rings. The molecule has 7 heteroatoms. The standard InChI is InChI=1S/C10H13NO5S/c1-16-7-3-2-4-8(5-7)17(14,15)6-9(11)10(12)13/h2-5,9H,6,11H2,1H3,(H,12,13). The Bertz CT molecular complexity index is 511. The second kappa shape index (κ2) is 5.15. The van der Waals surface area contributed by atoms with Gasteiger partial charge in [0.2, 0.25) is 0 Å². The highest BCUT2D eigenvalue weighted by Crippen LogP contribution is 2.18. The molecule has 0 aliphatic carbocycles. The first-order chi connectivity index (χ1) is 7.86. The summed E-state index contributed by atoms with van der Waals surface area (Å²) in [5.41, 5.74) is 5.20. The molecule has 1 unspecified atom stereocenters. The van der Waals surface area contributed by atoms with Crippen LogP contribution in [-0.4, -0.2) is 38.4 Å². The van der Waals surface area contributed by atoms with E-state index in [0.717, 1.165) is 0 Å². The van der Waals surface area contributed by atoms with Crippen molar-refractivity contribution in [1.29, 1.82) is 0 Å². The van der Waals surface area contributed by atoms with Crippen molar-refractivity contribution >= 4 is 15.8 Å². The van der Waals surface area contributed by atoms with E-state index in [1.165, 1.54) is 25.3 Å². The average Bonchev–Trinajstić information content (AvgIpc) is 2.28. The molecule has 0 fully saturated rings. The lowest BCUT2D eigenvalue weighted by Gasteiger charge is -2.08. The predicted molar refractivity (Wildman–Crippen MR) is 60.7 cm³/mol. The fourth-order valence-corrected chi connectivity index (χ4v) is 2.59. The highest BCUT2D eigenvalue weighted by Gasteiger charge is 2.23. The number of benzene rings is 1. The summed E-state index contributed by atoms with van der Waals surface area (Å²) in [6, 6.07) is 4.36. The summed E-state index contributed by atoms with van der Waals surface area (Å²) in [4.78, 5) is 10.5. The topological polar surface area (TPSA) is 107 Å². The molecule has 1 aromatic carbocycles. The van der Waals surface area contributed by atoms with E-state index in [9.17, 15) is 13.2 Å². The third kappa shape index (κ3) is 3.43. The average molecular weight is 259 g/mol. The van der Waals surface area contributed by atoms with Crippen molar-refractivity contribution in [1.82, 2.24) is 0 Å². The molecule has 0 saturated carbocycles. The van der Waals surface area contributed by atoms with Crippen molar-refractivity contribution in [3.05, 3.63) is 24.3 Å². The van der Waals surface area contributed by atoms with Crippen molar-refractivity contribution < 1.29 is 23.1 Å². The van der Waals surface area contributed by atoms with Crippen LogP contribution in [0.15, 0.2) is 29.2 Å². The van der Waals surface area contributed by atoms with Crippen molar-refractivity contribution in [3.63, 3.8) is 0 Å². The zero-order valence-electron chi connectivity index (χ0n) is 9.16. The van der Waals surface area contributed by atoms with Crippen molar-refractivity contribution in [2.75, 3.05) is 12.9 Å². The van der Waals surface area contributed by atoms with E-state index in [1.807, 2.05) is 0 Å². The summed E-state index contributed by atoms with van der Waals surface area (Å²) >= 11 is 0. The molecular weight excluding hydrogens is 246 g/mol. The quantitative estimate of drug-likeness (QED) is 0.763. The highest BCUT2D eigenvalue weighted by molar-refractivity contribution is 7.91. The minimum atomic E-state index is -3.72. The number of hydrogen-bond acceptors (Lipinski definition) is 5. The zero-order valence-corrected chi connectivity index (χ0v) is 9.98. The second-order valence-electron chi connectivity index (χ2n) is 3.41. The van der Waals surface area contributed by atoms with E-state index in [2.05, 4.69) is 0 Å². The summed E-state index contributed by atoms with van der Waals surface area (Å²) in [6.07, 6.45) is 0. The van der Waals surface area contributed by atoms with Crippen LogP contribution in [0.2, 0.25) is 0 Å². The van der Waals surface area contributed by atoms with E-state index in [1.54, 1.807) is 6.07 Å². The summed E-state index contributed by atoms with van der Waals surface area (Å²) in [7, 11) is -2.31. The van der Waals surface area contributed by atoms with Crippen molar-refractivity contribution in [3.8, 4) is 5.75 Å². The maximum atomic E-state index is 11.8. The summed E-state index contributed by atoms with van der Waals surface area (Å²) in [5, 5.41) is 8.58. The fourth-order valence-electron chi connectivity index (χ4n) is 1.20. The third-order valence-electron chi connectivity index (χ3n) is 2.12. The zero-order chi connectivity index (χ0) is 13.1. The van der Waals surface area contributed by atoms with Gasteiger partial charge in [0.25, 0.3) is 0 Å². The molecule has 1 atom stereocenters. The van der Waals surface area contributed by atoms with Gasteiger partial charge in [-0.05, 0) is 18.2 Å². The first kappa shape index (κ1) is 13.5. The number of carboxylic acid groups (broad SMARTS) is 1. The lowest BCUT2D eigenvalue weighted by molar-refractivity contribution is -0.137. The molecule has 94 valence electrons. The Morgan fingerprint density at radius 2 is 2.18 bits per heavy atom. The molecule has 3 N–H and O–H groups in total. The van der Waals surface area contributed by atoms with Crippen LogP contribution in [0.25, 0.3) is 0 Å². The van der Waals surface area contributed by atoms with E-state index >= 15 is 0 Å².